The quantitative estimate of drug-likeness (QED) is 0.266. The topological polar surface area (TPSA) is 57.3 Å². The number of likely N-dealkylation sites (tertiary alicyclic amines) is 1. The highest BCUT2D eigenvalue weighted by molar-refractivity contribution is 7.80. The number of aryl methyl sites for hydroxylation is 1. The Morgan fingerprint density at radius 3 is 2.60 bits per heavy atom. The maximum Gasteiger partial charge on any atom is 0.275 e. The minimum absolute atomic E-state index is 0.165. The highest BCUT2D eigenvalue weighted by Crippen LogP contribution is 2.32. The van der Waals surface area contributed by atoms with E-state index < -0.39 is 0 Å². The molecule has 2 N–H and O–H groups in total. The van der Waals surface area contributed by atoms with Crippen LogP contribution in [-0.4, -0.2) is 40.5 Å². The first-order chi connectivity index (χ1) is 17.0. The van der Waals surface area contributed by atoms with Crippen LogP contribution in [0.4, 0.5) is 5.69 Å². The van der Waals surface area contributed by atoms with Crippen molar-refractivity contribution in [1.82, 2.24) is 15.2 Å². The van der Waals surface area contributed by atoms with Crippen LogP contribution in [0.3, 0.4) is 0 Å². The minimum atomic E-state index is -0.165. The zero-order valence-corrected chi connectivity index (χ0v) is 22.2. The number of thiazole rings is 1. The van der Waals surface area contributed by atoms with Gasteiger partial charge in [-0.05, 0) is 50.0 Å². The van der Waals surface area contributed by atoms with E-state index in [1.807, 2.05) is 29.6 Å². The van der Waals surface area contributed by atoms with Gasteiger partial charge < -0.3 is 15.5 Å². The van der Waals surface area contributed by atoms with Crippen molar-refractivity contribution in [1.29, 1.82) is 0 Å². The Labute approximate surface area is 218 Å². The molecular formula is C28H34N4OS2. The van der Waals surface area contributed by atoms with Crippen molar-refractivity contribution in [3.8, 4) is 11.1 Å². The second kappa shape index (κ2) is 12.3. The number of hydrogen-bond acceptors (Lipinski definition) is 4. The lowest BCUT2D eigenvalue weighted by molar-refractivity contribution is 0.102. The summed E-state index contributed by atoms with van der Waals surface area (Å²) < 4.78 is 0. The van der Waals surface area contributed by atoms with Gasteiger partial charge in [-0.3, -0.25) is 4.79 Å². The van der Waals surface area contributed by atoms with Crippen molar-refractivity contribution >= 4 is 40.3 Å². The largest absolute Gasteiger partial charge is 0.363 e. The predicted octanol–water partition coefficient (Wildman–Crippen LogP) is 6.61. The first-order valence-electron chi connectivity index (χ1n) is 12.5. The molecule has 1 amide bonds. The molecule has 0 saturated carbocycles. The molecule has 5 nitrogen and oxygen atoms in total. The summed E-state index contributed by atoms with van der Waals surface area (Å²) in [6.07, 6.45) is 5.61. The average Bonchev–Trinajstić information content (AvgIpc) is 3.38. The van der Waals surface area contributed by atoms with Gasteiger partial charge >= 0.3 is 0 Å². The first-order valence-corrected chi connectivity index (χ1v) is 13.8. The average molecular weight is 507 g/mol. The summed E-state index contributed by atoms with van der Waals surface area (Å²) in [4.78, 5) is 20.0. The van der Waals surface area contributed by atoms with E-state index in [0.29, 0.717) is 11.6 Å². The van der Waals surface area contributed by atoms with Crippen LogP contribution in [0.1, 0.15) is 66.0 Å². The number of carbonyl (C=O) groups excluding carboxylic acids is 1. The van der Waals surface area contributed by atoms with E-state index in [1.165, 1.54) is 18.4 Å². The monoisotopic (exact) mass is 506 g/mol. The van der Waals surface area contributed by atoms with Gasteiger partial charge in [-0.1, -0.05) is 67.8 Å². The van der Waals surface area contributed by atoms with Crippen LogP contribution < -0.4 is 10.6 Å². The summed E-state index contributed by atoms with van der Waals surface area (Å²) in [6, 6.07) is 16.2. The van der Waals surface area contributed by atoms with Gasteiger partial charge in [-0.25, -0.2) is 4.98 Å². The van der Waals surface area contributed by atoms with Crippen LogP contribution in [-0.2, 0) is 0 Å². The van der Waals surface area contributed by atoms with E-state index in [2.05, 4.69) is 53.6 Å². The molecule has 0 atom stereocenters. The van der Waals surface area contributed by atoms with Crippen molar-refractivity contribution in [3.05, 3.63) is 70.2 Å². The van der Waals surface area contributed by atoms with Gasteiger partial charge in [0.05, 0.1) is 5.01 Å². The molecule has 0 spiro atoms. The summed E-state index contributed by atoms with van der Waals surface area (Å²) in [5, 5.41) is 10.3. The molecule has 1 saturated heterocycles. The molecule has 7 heteroatoms. The number of aromatic nitrogens is 1. The third-order valence-corrected chi connectivity index (χ3v) is 7.89. The van der Waals surface area contributed by atoms with E-state index >= 15 is 0 Å². The normalized spacial score (nSPS) is 14.1. The van der Waals surface area contributed by atoms with E-state index in [0.717, 1.165) is 65.8 Å². The van der Waals surface area contributed by atoms with Crippen molar-refractivity contribution in [2.75, 3.05) is 25.0 Å². The SMILES string of the molecule is CCCCCNC(=S)N1CCC(c2nc(C(=O)Nc3ccccc3-c3ccc(C)cc3)cs2)CC1. The second-order valence-corrected chi connectivity index (χ2v) is 10.4. The molecular weight excluding hydrogens is 472 g/mol. The second-order valence-electron chi connectivity index (χ2n) is 9.14. The van der Waals surface area contributed by atoms with Gasteiger partial charge in [-0.2, -0.15) is 0 Å². The Bertz CT molecular complexity index is 1130. The maximum atomic E-state index is 13.0. The fraction of sp³-hybridized carbons (Fsp3) is 0.393. The number of unbranched alkanes of at least 4 members (excludes halogenated alkanes) is 2. The molecule has 3 aromatic rings. The van der Waals surface area contributed by atoms with Gasteiger partial charge in [0.1, 0.15) is 5.69 Å². The number of rotatable bonds is 8. The van der Waals surface area contributed by atoms with Gasteiger partial charge in [0.25, 0.3) is 5.91 Å². The molecule has 1 aliphatic heterocycles. The standard InChI is InChI=1S/C28H34N4OS2/c1-3-4-7-16-29-28(34)32-17-14-22(15-18-32)27-31-25(19-35-27)26(33)30-24-9-6-5-8-23(24)21-12-10-20(2)11-13-21/h5-6,8-13,19,22H,3-4,7,14-18H2,1-2H3,(H,29,34)(H,30,33). The van der Waals surface area contributed by atoms with Crippen LogP contribution in [0.2, 0.25) is 0 Å². The fourth-order valence-corrected chi connectivity index (χ4v) is 5.61. The van der Waals surface area contributed by atoms with Crippen LogP contribution >= 0.6 is 23.6 Å². The number of amides is 1. The van der Waals surface area contributed by atoms with Crippen LogP contribution in [0.15, 0.2) is 53.9 Å². The van der Waals surface area contributed by atoms with E-state index in [1.54, 1.807) is 11.3 Å². The molecule has 2 aromatic carbocycles. The Morgan fingerprint density at radius 2 is 1.86 bits per heavy atom. The number of carbonyl (C=O) groups is 1. The Morgan fingerprint density at radius 1 is 1.11 bits per heavy atom. The summed E-state index contributed by atoms with van der Waals surface area (Å²) in [6.45, 7) is 7.08. The Kier molecular flexibility index (Phi) is 8.88. The maximum absolute atomic E-state index is 13.0. The lowest BCUT2D eigenvalue weighted by Gasteiger charge is -2.33. The third kappa shape index (κ3) is 6.67. The van der Waals surface area contributed by atoms with Gasteiger partial charge in [-0.15, -0.1) is 11.3 Å². The Hall–Kier alpha value is -2.77. The summed E-state index contributed by atoms with van der Waals surface area (Å²) >= 11 is 7.17. The van der Waals surface area contributed by atoms with Gasteiger partial charge in [0.2, 0.25) is 0 Å². The third-order valence-electron chi connectivity index (χ3n) is 6.48. The molecule has 0 bridgehead atoms. The van der Waals surface area contributed by atoms with Crippen LogP contribution in [0.5, 0.6) is 0 Å². The first kappa shape index (κ1) is 25.3. The predicted molar refractivity (Wildman–Crippen MR) is 150 cm³/mol. The summed E-state index contributed by atoms with van der Waals surface area (Å²) in [5.74, 6) is 0.211. The molecule has 184 valence electrons. The van der Waals surface area contributed by atoms with E-state index in [4.69, 9.17) is 17.2 Å². The summed E-state index contributed by atoms with van der Waals surface area (Å²) in [5.41, 5.74) is 4.57. The molecule has 0 aliphatic carbocycles. The Balaban J connectivity index is 1.34. The van der Waals surface area contributed by atoms with E-state index in [9.17, 15) is 4.79 Å². The summed E-state index contributed by atoms with van der Waals surface area (Å²) in [7, 11) is 0. The van der Waals surface area contributed by atoms with E-state index in [-0.39, 0.29) is 5.91 Å². The van der Waals surface area contributed by atoms with Gasteiger partial charge in [0, 0.05) is 42.2 Å². The van der Waals surface area contributed by atoms with Crippen molar-refractivity contribution in [2.45, 2.75) is 51.9 Å². The number of nitrogens with zero attached hydrogens (tertiary/aromatic N) is 2. The lowest BCUT2D eigenvalue weighted by atomic mass is 9.98. The zero-order chi connectivity index (χ0) is 24.6. The number of nitrogens with one attached hydrogen (secondary N) is 2. The highest BCUT2D eigenvalue weighted by atomic mass is 32.1. The van der Waals surface area contributed by atoms with Gasteiger partial charge in [0.15, 0.2) is 5.11 Å². The number of piperidine rings is 1. The molecule has 35 heavy (non-hydrogen) atoms. The number of para-hydroxylation sites is 1. The number of benzene rings is 2. The zero-order valence-electron chi connectivity index (χ0n) is 20.5. The smallest absolute Gasteiger partial charge is 0.275 e. The molecule has 4 rings (SSSR count). The lowest BCUT2D eigenvalue weighted by Crippen LogP contribution is -2.44. The molecule has 2 heterocycles. The fourth-order valence-electron chi connectivity index (χ4n) is 4.35. The number of hydrogen-bond donors (Lipinski definition) is 2. The minimum Gasteiger partial charge on any atom is -0.363 e. The molecule has 1 aliphatic rings. The van der Waals surface area contributed by atoms with Crippen molar-refractivity contribution < 1.29 is 4.79 Å². The molecule has 0 radical (unpaired) electrons. The number of thiocarbonyl (C=S) groups is 1. The van der Waals surface area contributed by atoms with Crippen LogP contribution in [0.25, 0.3) is 11.1 Å². The number of anilines is 1. The van der Waals surface area contributed by atoms with Crippen LogP contribution in [0, 0.1) is 6.92 Å². The molecule has 0 unspecified atom stereocenters. The molecule has 1 aromatic heterocycles. The van der Waals surface area contributed by atoms with Crippen molar-refractivity contribution in [2.24, 2.45) is 0 Å². The van der Waals surface area contributed by atoms with Crippen molar-refractivity contribution in [3.63, 3.8) is 0 Å². The molecule has 1 fully saturated rings. The highest BCUT2D eigenvalue weighted by Gasteiger charge is 2.25.